The Morgan fingerprint density at radius 1 is 0.700 bits per heavy atom. The van der Waals surface area contributed by atoms with Gasteiger partial charge in [-0.05, 0) is 60.4 Å². The Bertz CT molecular complexity index is 1240. The molecule has 0 atom stereocenters. The van der Waals surface area contributed by atoms with Crippen LogP contribution < -0.4 is 18.9 Å². The first-order valence-corrected chi connectivity index (χ1v) is 13.1. The first kappa shape index (κ1) is 31.7. The second-order valence-electron chi connectivity index (χ2n) is 9.60. The van der Waals surface area contributed by atoms with E-state index in [1.807, 2.05) is 12.1 Å². The standard InChI is InChI=1S/C32H36N2O6/c1-21(2)31(35)25(19-33)15-23-9-11-27(29(17-23)37-5)39-13-7-8-14-40-28-12-10-24(18-30(28)38-6)16-26(20-34)32(36)22(3)4/h9-12,15-18,21-22H,7-8,13-14H2,1-6H3. The third-order valence-corrected chi connectivity index (χ3v) is 5.87. The molecule has 0 saturated carbocycles. The number of Topliss-reactive ketones (excluding diaryl/α,β-unsaturated/α-hetero) is 2. The van der Waals surface area contributed by atoms with E-state index >= 15 is 0 Å². The molecule has 8 heteroatoms. The predicted molar refractivity (Wildman–Crippen MR) is 153 cm³/mol. The molecule has 0 heterocycles. The van der Waals surface area contributed by atoms with E-state index in [4.69, 9.17) is 18.9 Å². The molecule has 0 amide bonds. The largest absolute Gasteiger partial charge is 0.493 e. The van der Waals surface area contributed by atoms with Gasteiger partial charge in [-0.2, -0.15) is 10.5 Å². The molecular formula is C32H36N2O6. The van der Waals surface area contributed by atoms with Gasteiger partial charge < -0.3 is 18.9 Å². The quantitative estimate of drug-likeness (QED) is 0.148. The molecule has 0 aromatic heterocycles. The van der Waals surface area contributed by atoms with Gasteiger partial charge in [-0.25, -0.2) is 0 Å². The van der Waals surface area contributed by atoms with Crippen molar-refractivity contribution in [1.29, 1.82) is 10.5 Å². The number of rotatable bonds is 15. The first-order valence-electron chi connectivity index (χ1n) is 13.1. The van der Waals surface area contributed by atoms with Crippen molar-refractivity contribution >= 4 is 23.7 Å². The molecule has 2 aromatic rings. The van der Waals surface area contributed by atoms with E-state index in [1.54, 1.807) is 76.2 Å². The van der Waals surface area contributed by atoms with Crippen LogP contribution in [0, 0.1) is 34.5 Å². The monoisotopic (exact) mass is 544 g/mol. The minimum atomic E-state index is -0.263. The number of hydrogen-bond donors (Lipinski definition) is 0. The number of nitrogens with zero attached hydrogens (tertiary/aromatic N) is 2. The number of unbranched alkanes of at least 4 members (excludes halogenated alkanes) is 1. The molecule has 0 saturated heterocycles. The zero-order chi connectivity index (χ0) is 29.7. The molecule has 0 unspecified atom stereocenters. The normalized spacial score (nSPS) is 11.6. The van der Waals surface area contributed by atoms with E-state index in [-0.39, 0.29) is 34.5 Å². The molecule has 40 heavy (non-hydrogen) atoms. The molecule has 0 N–H and O–H groups in total. The highest BCUT2D eigenvalue weighted by Gasteiger charge is 2.15. The summed E-state index contributed by atoms with van der Waals surface area (Å²) in [5.41, 5.74) is 1.55. The van der Waals surface area contributed by atoms with Gasteiger partial charge >= 0.3 is 0 Å². The molecule has 0 aliphatic rings. The Morgan fingerprint density at radius 2 is 1.07 bits per heavy atom. The minimum absolute atomic E-state index is 0.0987. The lowest BCUT2D eigenvalue weighted by Crippen LogP contribution is -2.09. The van der Waals surface area contributed by atoms with Gasteiger partial charge in [0.05, 0.1) is 38.6 Å². The van der Waals surface area contributed by atoms with Crippen LogP contribution in [0.4, 0.5) is 0 Å². The maximum Gasteiger partial charge on any atom is 0.175 e. The van der Waals surface area contributed by atoms with Crippen LogP contribution in [0.5, 0.6) is 23.0 Å². The lowest BCUT2D eigenvalue weighted by Gasteiger charge is -2.13. The number of carbonyl (C=O) groups excluding carboxylic acids is 2. The van der Waals surface area contributed by atoms with E-state index < -0.39 is 0 Å². The Hall–Kier alpha value is -4.56. The number of benzene rings is 2. The smallest absolute Gasteiger partial charge is 0.175 e. The van der Waals surface area contributed by atoms with E-state index in [1.165, 1.54) is 14.2 Å². The zero-order valence-corrected chi connectivity index (χ0v) is 23.9. The van der Waals surface area contributed by atoms with Crippen LogP contribution in [0.15, 0.2) is 47.5 Å². The van der Waals surface area contributed by atoms with Gasteiger partial charge in [-0.15, -0.1) is 0 Å². The van der Waals surface area contributed by atoms with Crippen LogP contribution in [-0.2, 0) is 9.59 Å². The maximum atomic E-state index is 12.2. The minimum Gasteiger partial charge on any atom is -0.493 e. The third-order valence-electron chi connectivity index (χ3n) is 5.87. The summed E-state index contributed by atoms with van der Waals surface area (Å²) in [6.07, 6.45) is 4.55. The Labute approximate surface area is 236 Å². The van der Waals surface area contributed by atoms with Crippen molar-refractivity contribution in [3.8, 4) is 35.1 Å². The Kier molecular flexibility index (Phi) is 12.5. The van der Waals surface area contributed by atoms with Gasteiger partial charge in [0.15, 0.2) is 34.6 Å². The van der Waals surface area contributed by atoms with Crippen LogP contribution in [0.3, 0.4) is 0 Å². The molecule has 0 bridgehead atoms. The summed E-state index contributed by atoms with van der Waals surface area (Å²) >= 11 is 0. The van der Waals surface area contributed by atoms with E-state index in [2.05, 4.69) is 0 Å². The summed E-state index contributed by atoms with van der Waals surface area (Å²) in [5, 5.41) is 18.7. The second-order valence-corrected chi connectivity index (χ2v) is 9.60. The summed E-state index contributed by atoms with van der Waals surface area (Å²) in [7, 11) is 3.07. The zero-order valence-electron chi connectivity index (χ0n) is 23.9. The van der Waals surface area contributed by atoms with Gasteiger partial charge in [0.25, 0.3) is 0 Å². The highest BCUT2D eigenvalue weighted by atomic mass is 16.5. The predicted octanol–water partition coefficient (Wildman–Crippen LogP) is 6.21. The van der Waals surface area contributed by atoms with Crippen molar-refractivity contribution < 1.29 is 28.5 Å². The van der Waals surface area contributed by atoms with Crippen LogP contribution in [-0.4, -0.2) is 39.0 Å². The number of hydrogen-bond acceptors (Lipinski definition) is 8. The molecule has 0 aliphatic heterocycles. The molecule has 2 rings (SSSR count). The average Bonchev–Trinajstić information content (AvgIpc) is 2.96. The van der Waals surface area contributed by atoms with Crippen LogP contribution in [0.25, 0.3) is 12.2 Å². The topological polar surface area (TPSA) is 119 Å². The van der Waals surface area contributed by atoms with Crippen molar-refractivity contribution in [3.05, 3.63) is 58.7 Å². The molecular weight excluding hydrogens is 508 g/mol. The average molecular weight is 545 g/mol. The number of ether oxygens (including phenoxy) is 4. The third kappa shape index (κ3) is 9.03. The van der Waals surface area contributed by atoms with E-state index in [0.29, 0.717) is 47.3 Å². The number of carbonyl (C=O) groups is 2. The first-order chi connectivity index (χ1) is 19.1. The second kappa shape index (κ2) is 15.8. The summed E-state index contributed by atoms with van der Waals surface area (Å²) in [4.78, 5) is 24.3. The molecule has 2 aromatic carbocycles. The molecule has 0 spiro atoms. The Morgan fingerprint density at radius 3 is 1.38 bits per heavy atom. The molecule has 0 fully saturated rings. The van der Waals surface area contributed by atoms with Crippen molar-refractivity contribution in [2.24, 2.45) is 11.8 Å². The van der Waals surface area contributed by atoms with E-state index in [0.717, 1.165) is 12.8 Å². The summed E-state index contributed by atoms with van der Waals surface area (Å²) in [5.74, 6) is 1.20. The number of nitriles is 2. The molecule has 0 aliphatic carbocycles. The van der Waals surface area contributed by atoms with Crippen molar-refractivity contribution in [1.82, 2.24) is 0 Å². The lowest BCUT2D eigenvalue weighted by molar-refractivity contribution is -0.118. The van der Waals surface area contributed by atoms with Gasteiger partial charge in [0.1, 0.15) is 12.1 Å². The van der Waals surface area contributed by atoms with Crippen LogP contribution >= 0.6 is 0 Å². The van der Waals surface area contributed by atoms with Gasteiger partial charge in [0.2, 0.25) is 0 Å². The molecule has 0 radical (unpaired) electrons. The summed E-state index contributed by atoms with van der Waals surface area (Å²) in [6, 6.07) is 14.5. The summed E-state index contributed by atoms with van der Waals surface area (Å²) < 4.78 is 22.6. The van der Waals surface area contributed by atoms with E-state index in [9.17, 15) is 20.1 Å². The van der Waals surface area contributed by atoms with Crippen LogP contribution in [0.1, 0.15) is 51.7 Å². The number of ketones is 2. The highest BCUT2D eigenvalue weighted by molar-refractivity contribution is 6.04. The number of methoxy groups -OCH3 is 2. The maximum absolute atomic E-state index is 12.2. The fraction of sp³-hybridized carbons (Fsp3) is 0.375. The highest BCUT2D eigenvalue weighted by Crippen LogP contribution is 2.31. The fourth-order valence-electron chi connectivity index (χ4n) is 3.63. The van der Waals surface area contributed by atoms with Crippen molar-refractivity contribution in [2.75, 3.05) is 27.4 Å². The lowest BCUT2D eigenvalue weighted by atomic mass is 10.00. The van der Waals surface area contributed by atoms with Gasteiger partial charge in [-0.1, -0.05) is 39.8 Å². The van der Waals surface area contributed by atoms with Gasteiger partial charge in [0, 0.05) is 11.8 Å². The van der Waals surface area contributed by atoms with Crippen LogP contribution in [0.2, 0.25) is 0 Å². The molecule has 210 valence electrons. The van der Waals surface area contributed by atoms with Gasteiger partial charge in [-0.3, -0.25) is 9.59 Å². The number of allylic oxidation sites excluding steroid dienone is 2. The fourth-order valence-corrected chi connectivity index (χ4v) is 3.63. The van der Waals surface area contributed by atoms with Crippen molar-refractivity contribution in [3.63, 3.8) is 0 Å². The molecule has 8 nitrogen and oxygen atoms in total. The summed E-state index contributed by atoms with van der Waals surface area (Å²) in [6.45, 7) is 7.90. The SMILES string of the molecule is COc1cc(C=C(C#N)C(=O)C(C)C)ccc1OCCCCOc1ccc(C=C(C#N)C(=O)C(C)C)cc1OC. The van der Waals surface area contributed by atoms with Crippen molar-refractivity contribution in [2.45, 2.75) is 40.5 Å². The Balaban J connectivity index is 1.93.